The number of ether oxygens (including phenoxy) is 2. The lowest BCUT2D eigenvalue weighted by Gasteiger charge is -2.42. The molecular formula is C31H41N2O3+. The van der Waals surface area contributed by atoms with Crippen molar-refractivity contribution in [3.05, 3.63) is 82.6 Å². The zero-order valence-corrected chi connectivity index (χ0v) is 20.7. The van der Waals surface area contributed by atoms with E-state index in [9.17, 15) is 4.79 Å². The van der Waals surface area contributed by atoms with Crippen molar-refractivity contribution < 1.29 is 18.8 Å². The van der Waals surface area contributed by atoms with Crippen LogP contribution < -0.4 is 9.64 Å². The molecule has 5 heteroatoms. The molecule has 0 amide bonds. The number of anilines is 1. The molecule has 2 atom stereocenters. The number of carbonyl (C=O) groups excluding carboxylic acids is 1. The van der Waals surface area contributed by atoms with Gasteiger partial charge in [0.25, 0.3) is 0 Å². The van der Waals surface area contributed by atoms with Crippen molar-refractivity contribution >= 4 is 17.4 Å². The third kappa shape index (κ3) is 3.95. The smallest absolute Gasteiger partial charge is 0.339 e. The van der Waals surface area contributed by atoms with Crippen LogP contribution in [-0.2, 0) is 10.3 Å². The van der Waals surface area contributed by atoms with Crippen LogP contribution in [0.4, 0.5) is 5.69 Å². The number of rotatable bonds is 5. The molecule has 0 radical (unpaired) electrons. The van der Waals surface area contributed by atoms with Gasteiger partial charge in [0.05, 0.1) is 11.5 Å². The molecule has 1 aliphatic carbocycles. The monoisotopic (exact) mass is 489 g/mol. The predicted molar refractivity (Wildman–Crippen MR) is 149 cm³/mol. The second-order valence-corrected chi connectivity index (χ2v) is 9.11. The van der Waals surface area contributed by atoms with Crippen molar-refractivity contribution in [3.63, 3.8) is 0 Å². The van der Waals surface area contributed by atoms with E-state index in [4.69, 9.17) is 9.47 Å². The molecule has 0 bridgehead atoms. The molecule has 5 nitrogen and oxygen atoms in total. The van der Waals surface area contributed by atoms with Crippen molar-refractivity contribution in [2.24, 2.45) is 5.92 Å². The van der Waals surface area contributed by atoms with Gasteiger partial charge in [0.1, 0.15) is 24.6 Å². The zero-order valence-electron chi connectivity index (χ0n) is 20.7. The summed E-state index contributed by atoms with van der Waals surface area (Å²) < 4.78 is 15.3. The summed E-state index contributed by atoms with van der Waals surface area (Å²) in [7, 11) is 0. The highest BCUT2D eigenvalue weighted by Crippen LogP contribution is 2.56. The first kappa shape index (κ1) is 27.3. The van der Waals surface area contributed by atoms with Gasteiger partial charge in [-0.3, -0.25) is 0 Å². The fourth-order valence-electron chi connectivity index (χ4n) is 5.61. The summed E-state index contributed by atoms with van der Waals surface area (Å²) in [5.41, 5.74) is 4.78. The summed E-state index contributed by atoms with van der Waals surface area (Å²) in [5, 5.41) is 0. The van der Waals surface area contributed by atoms with E-state index in [1.54, 1.807) is 0 Å². The number of aryl methyl sites for hydroxylation is 1. The Balaban J connectivity index is 0.00000180. The number of hydrogen-bond donors (Lipinski definition) is 0. The lowest BCUT2D eigenvalue weighted by Crippen LogP contribution is -2.43. The number of allylic oxidation sites excluding steroid dienone is 2. The van der Waals surface area contributed by atoms with Crippen molar-refractivity contribution in [2.75, 3.05) is 31.1 Å². The number of benzene rings is 2. The summed E-state index contributed by atoms with van der Waals surface area (Å²) in [6, 6.07) is 12.3. The average molecular weight is 490 g/mol. The normalized spacial score (nSPS) is 20.7. The Labute approximate surface area is 216 Å². The second-order valence-electron chi connectivity index (χ2n) is 9.11. The van der Waals surface area contributed by atoms with Crippen molar-refractivity contribution in [1.82, 2.24) is 0 Å². The topological polar surface area (TPSA) is 41.8 Å². The van der Waals surface area contributed by atoms with Crippen LogP contribution in [0.3, 0.4) is 0 Å². The molecule has 0 fully saturated rings. The SMILES string of the molecule is C.C.CCN(CC)c1ccc2c(c1)OC1=CC(=[N+](CC)CC)C=CC1C21OC(=O)c2cc(C)ccc21. The predicted octanol–water partition coefficient (Wildman–Crippen LogP) is 6.48. The van der Waals surface area contributed by atoms with E-state index >= 15 is 0 Å². The van der Waals surface area contributed by atoms with Gasteiger partial charge in [-0.25, -0.2) is 9.37 Å². The molecule has 1 spiro atoms. The maximum Gasteiger partial charge on any atom is 0.339 e. The fraction of sp³-hybridized carbons (Fsp3) is 0.419. The Morgan fingerprint density at radius 1 is 0.972 bits per heavy atom. The summed E-state index contributed by atoms with van der Waals surface area (Å²) >= 11 is 0. The van der Waals surface area contributed by atoms with Crippen LogP contribution in [0.1, 0.15) is 69.6 Å². The van der Waals surface area contributed by atoms with Gasteiger partial charge in [-0.2, -0.15) is 0 Å². The maximum atomic E-state index is 13.2. The summed E-state index contributed by atoms with van der Waals surface area (Å²) in [6.45, 7) is 14.3. The van der Waals surface area contributed by atoms with Crippen molar-refractivity contribution in [2.45, 2.75) is 55.1 Å². The van der Waals surface area contributed by atoms with E-state index in [0.717, 1.165) is 65.8 Å². The highest BCUT2D eigenvalue weighted by molar-refractivity contribution is 6.02. The lowest BCUT2D eigenvalue weighted by molar-refractivity contribution is -0.519. The first-order valence-electron chi connectivity index (χ1n) is 12.4. The van der Waals surface area contributed by atoms with Gasteiger partial charge in [0, 0.05) is 48.1 Å². The molecule has 2 aromatic carbocycles. The van der Waals surface area contributed by atoms with Crippen LogP contribution in [-0.4, -0.2) is 42.4 Å². The Kier molecular flexibility index (Phi) is 7.82. The first-order valence-corrected chi connectivity index (χ1v) is 12.4. The largest absolute Gasteiger partial charge is 0.460 e. The van der Waals surface area contributed by atoms with E-state index in [1.807, 2.05) is 13.0 Å². The lowest BCUT2D eigenvalue weighted by atomic mass is 9.71. The standard InChI is InChI=1S/C29H33N2O3.2CH4/c1-6-30(7-2)20-11-14-24-26(17-20)33-27-18-21(31(8-3)9-4)12-15-25(27)29(24)23-13-10-19(5)16-22(23)28(32)34-29;;/h10-18,24H,6-9H2,1-5H3;2*1H4/q+1;;. The highest BCUT2D eigenvalue weighted by atomic mass is 16.6. The number of hydrogen-bond acceptors (Lipinski definition) is 4. The first-order chi connectivity index (χ1) is 16.5. The van der Waals surface area contributed by atoms with Crippen molar-refractivity contribution in [3.8, 4) is 5.75 Å². The molecular weight excluding hydrogens is 448 g/mol. The van der Waals surface area contributed by atoms with Gasteiger partial charge in [-0.05, 0) is 52.8 Å². The molecule has 0 saturated carbocycles. The van der Waals surface area contributed by atoms with Crippen LogP contribution in [0.5, 0.6) is 5.75 Å². The molecule has 5 rings (SSSR count). The third-order valence-corrected chi connectivity index (χ3v) is 7.39. The van der Waals surface area contributed by atoms with Crippen LogP contribution >= 0.6 is 0 Å². The van der Waals surface area contributed by atoms with E-state index < -0.39 is 5.60 Å². The average Bonchev–Trinajstić information content (AvgIpc) is 3.12. The number of carbonyl (C=O) groups is 1. The third-order valence-electron chi connectivity index (χ3n) is 7.39. The van der Waals surface area contributed by atoms with Gasteiger partial charge >= 0.3 is 5.97 Å². The van der Waals surface area contributed by atoms with Gasteiger partial charge in [0.2, 0.25) is 5.71 Å². The molecule has 2 aromatic rings. The Morgan fingerprint density at radius 3 is 2.33 bits per heavy atom. The number of esters is 1. The minimum absolute atomic E-state index is 0. The van der Waals surface area contributed by atoms with E-state index in [2.05, 4.69) is 85.7 Å². The maximum absolute atomic E-state index is 13.2. The van der Waals surface area contributed by atoms with Crippen LogP contribution in [0, 0.1) is 12.8 Å². The van der Waals surface area contributed by atoms with Crippen LogP contribution in [0.2, 0.25) is 0 Å². The molecule has 36 heavy (non-hydrogen) atoms. The minimum atomic E-state index is -0.938. The van der Waals surface area contributed by atoms with E-state index in [-0.39, 0.29) is 26.7 Å². The molecule has 2 aliphatic heterocycles. The minimum Gasteiger partial charge on any atom is -0.460 e. The second kappa shape index (κ2) is 10.3. The number of fused-ring (bicyclic) bond motifs is 6. The Morgan fingerprint density at radius 2 is 1.67 bits per heavy atom. The van der Waals surface area contributed by atoms with Gasteiger partial charge < -0.3 is 14.4 Å². The quantitative estimate of drug-likeness (QED) is 0.356. The van der Waals surface area contributed by atoms with E-state index in [1.165, 1.54) is 0 Å². The van der Waals surface area contributed by atoms with Crippen LogP contribution in [0.15, 0.2) is 60.4 Å². The molecule has 192 valence electrons. The summed E-state index contributed by atoms with van der Waals surface area (Å²) in [4.78, 5) is 15.5. The molecule has 0 saturated heterocycles. The Hall–Kier alpha value is -3.34. The molecule has 2 unspecified atom stereocenters. The molecule has 2 heterocycles. The molecule has 0 aromatic heterocycles. The molecule has 3 aliphatic rings. The Bertz CT molecular complexity index is 1250. The highest BCUT2D eigenvalue weighted by Gasteiger charge is 2.57. The van der Waals surface area contributed by atoms with Crippen molar-refractivity contribution in [1.29, 1.82) is 0 Å². The van der Waals surface area contributed by atoms with E-state index in [0.29, 0.717) is 5.56 Å². The van der Waals surface area contributed by atoms with Gasteiger partial charge in [0.15, 0.2) is 5.60 Å². The fourth-order valence-corrected chi connectivity index (χ4v) is 5.61. The van der Waals surface area contributed by atoms with Gasteiger partial charge in [-0.15, -0.1) is 0 Å². The molecule has 0 N–H and O–H groups in total. The number of nitrogens with zero attached hydrogens (tertiary/aromatic N) is 2. The zero-order chi connectivity index (χ0) is 24.0. The summed E-state index contributed by atoms with van der Waals surface area (Å²) in [5.74, 6) is 1.06. The summed E-state index contributed by atoms with van der Waals surface area (Å²) in [6.07, 6.45) is 6.40. The van der Waals surface area contributed by atoms with Crippen LogP contribution in [0.25, 0.3) is 0 Å². The van der Waals surface area contributed by atoms with Gasteiger partial charge in [-0.1, -0.05) is 38.6 Å².